The van der Waals surface area contributed by atoms with Crippen LogP contribution in [0.2, 0.25) is 5.28 Å². The van der Waals surface area contributed by atoms with Crippen LogP contribution in [-0.4, -0.2) is 41.2 Å². The largest absolute Gasteiger partial charge is 0.467 e. The summed E-state index contributed by atoms with van der Waals surface area (Å²) in [4.78, 5) is 11.9. The molecule has 16 heavy (non-hydrogen) atoms. The Morgan fingerprint density at radius 1 is 1.31 bits per heavy atom. The summed E-state index contributed by atoms with van der Waals surface area (Å²) in [6.07, 6.45) is 2.09. The van der Waals surface area contributed by atoms with E-state index in [0.29, 0.717) is 12.0 Å². The van der Waals surface area contributed by atoms with Crippen LogP contribution in [0.15, 0.2) is 0 Å². The van der Waals surface area contributed by atoms with E-state index in [-0.39, 0.29) is 11.3 Å². The normalized spacial score (nSPS) is 17.1. The lowest BCUT2D eigenvalue weighted by molar-refractivity contribution is 0.378. The minimum atomic E-state index is 0.142. The van der Waals surface area contributed by atoms with Crippen molar-refractivity contribution in [2.24, 2.45) is 0 Å². The average molecular weight is 244 g/mol. The van der Waals surface area contributed by atoms with Gasteiger partial charge < -0.3 is 15.4 Å². The van der Waals surface area contributed by atoms with Crippen molar-refractivity contribution in [3.05, 3.63) is 5.28 Å². The minimum absolute atomic E-state index is 0.142. The highest BCUT2D eigenvalue weighted by Crippen LogP contribution is 2.14. The van der Waals surface area contributed by atoms with Gasteiger partial charge in [0.25, 0.3) is 0 Å². The lowest BCUT2D eigenvalue weighted by Crippen LogP contribution is -2.35. The van der Waals surface area contributed by atoms with Crippen molar-refractivity contribution in [2.75, 3.05) is 25.5 Å². The molecule has 0 aliphatic carbocycles. The highest BCUT2D eigenvalue weighted by molar-refractivity contribution is 6.28. The molecular weight excluding hydrogens is 230 g/mol. The van der Waals surface area contributed by atoms with E-state index in [1.54, 1.807) is 0 Å². The van der Waals surface area contributed by atoms with Crippen LogP contribution in [0.4, 0.5) is 5.95 Å². The van der Waals surface area contributed by atoms with Crippen LogP contribution < -0.4 is 15.4 Å². The summed E-state index contributed by atoms with van der Waals surface area (Å²) < 4.78 is 4.93. The number of nitrogens with zero attached hydrogens (tertiary/aromatic N) is 3. The standard InChI is InChI=1S/C9H14ClN5O/c1-16-9-14-7(10)13-8(15-9)12-6-2-4-11-5-3-6/h6,11H,2-5H2,1H3,(H,12,13,14,15). The molecule has 2 heterocycles. The molecule has 0 unspecified atom stereocenters. The van der Waals surface area contributed by atoms with Gasteiger partial charge >= 0.3 is 6.01 Å². The van der Waals surface area contributed by atoms with Crippen LogP contribution >= 0.6 is 11.6 Å². The molecule has 6 nitrogen and oxygen atoms in total. The first kappa shape index (κ1) is 11.3. The van der Waals surface area contributed by atoms with Crippen molar-refractivity contribution in [1.29, 1.82) is 0 Å². The summed E-state index contributed by atoms with van der Waals surface area (Å²) in [5.41, 5.74) is 0. The molecule has 0 atom stereocenters. The summed E-state index contributed by atoms with van der Waals surface area (Å²) in [5, 5.41) is 6.66. The molecule has 1 fully saturated rings. The fraction of sp³-hybridized carbons (Fsp3) is 0.667. The van der Waals surface area contributed by atoms with E-state index in [9.17, 15) is 0 Å². The number of ether oxygens (including phenoxy) is 1. The van der Waals surface area contributed by atoms with E-state index in [0.717, 1.165) is 25.9 Å². The van der Waals surface area contributed by atoms with Crippen LogP contribution in [0.25, 0.3) is 0 Å². The van der Waals surface area contributed by atoms with Crippen molar-refractivity contribution in [2.45, 2.75) is 18.9 Å². The summed E-state index contributed by atoms with van der Waals surface area (Å²) >= 11 is 5.75. The maximum absolute atomic E-state index is 5.75. The maximum atomic E-state index is 5.75. The van der Waals surface area contributed by atoms with E-state index < -0.39 is 0 Å². The van der Waals surface area contributed by atoms with E-state index >= 15 is 0 Å². The van der Waals surface area contributed by atoms with Gasteiger partial charge in [0.2, 0.25) is 11.2 Å². The van der Waals surface area contributed by atoms with Gasteiger partial charge in [0.1, 0.15) is 0 Å². The molecule has 1 aliphatic heterocycles. The zero-order chi connectivity index (χ0) is 11.4. The van der Waals surface area contributed by atoms with Gasteiger partial charge in [0.05, 0.1) is 7.11 Å². The number of methoxy groups -OCH3 is 1. The molecule has 1 aromatic heterocycles. The van der Waals surface area contributed by atoms with E-state index in [1.165, 1.54) is 7.11 Å². The molecule has 88 valence electrons. The summed E-state index contributed by atoms with van der Waals surface area (Å²) in [7, 11) is 1.50. The van der Waals surface area contributed by atoms with Gasteiger partial charge in [-0.2, -0.15) is 15.0 Å². The third-order valence-corrected chi connectivity index (χ3v) is 2.61. The second kappa shape index (κ2) is 5.27. The monoisotopic (exact) mass is 243 g/mol. The number of hydrogen-bond donors (Lipinski definition) is 2. The average Bonchev–Trinajstić information content (AvgIpc) is 2.29. The van der Waals surface area contributed by atoms with Crippen molar-refractivity contribution in [1.82, 2.24) is 20.3 Å². The molecule has 2 rings (SSSR count). The van der Waals surface area contributed by atoms with E-state index in [1.807, 2.05) is 0 Å². The second-order valence-electron chi connectivity index (χ2n) is 3.58. The number of hydrogen-bond acceptors (Lipinski definition) is 6. The Labute approximate surface area is 98.8 Å². The first-order valence-electron chi connectivity index (χ1n) is 5.21. The fourth-order valence-electron chi connectivity index (χ4n) is 1.64. The minimum Gasteiger partial charge on any atom is -0.467 e. The SMILES string of the molecule is COc1nc(Cl)nc(NC2CCNCC2)n1. The van der Waals surface area contributed by atoms with Crippen molar-refractivity contribution < 1.29 is 4.74 Å². The molecule has 1 saturated heterocycles. The Hall–Kier alpha value is -1.14. The van der Waals surface area contributed by atoms with Gasteiger partial charge in [-0.3, -0.25) is 0 Å². The molecule has 7 heteroatoms. The number of rotatable bonds is 3. The first-order chi connectivity index (χ1) is 7.78. The predicted molar refractivity (Wildman–Crippen MR) is 60.9 cm³/mol. The van der Waals surface area contributed by atoms with Crippen molar-refractivity contribution in [3.63, 3.8) is 0 Å². The molecule has 0 aromatic carbocycles. The molecular formula is C9H14ClN5O. The number of piperidine rings is 1. The highest BCUT2D eigenvalue weighted by Gasteiger charge is 2.14. The van der Waals surface area contributed by atoms with Gasteiger partial charge in [-0.1, -0.05) is 0 Å². The van der Waals surface area contributed by atoms with E-state index in [4.69, 9.17) is 16.3 Å². The molecule has 0 radical (unpaired) electrons. The Balaban J connectivity index is 2.04. The molecule has 0 spiro atoms. The van der Waals surface area contributed by atoms with Gasteiger partial charge in [0.15, 0.2) is 0 Å². The van der Waals surface area contributed by atoms with Gasteiger partial charge in [-0.25, -0.2) is 0 Å². The molecule has 0 amide bonds. The van der Waals surface area contributed by atoms with Crippen molar-refractivity contribution in [3.8, 4) is 6.01 Å². The third-order valence-electron chi connectivity index (χ3n) is 2.44. The van der Waals surface area contributed by atoms with Crippen LogP contribution in [0.5, 0.6) is 6.01 Å². The molecule has 1 aliphatic rings. The van der Waals surface area contributed by atoms with Gasteiger partial charge in [-0.05, 0) is 37.5 Å². The Morgan fingerprint density at radius 2 is 2.06 bits per heavy atom. The van der Waals surface area contributed by atoms with Crippen LogP contribution in [0.3, 0.4) is 0 Å². The number of nitrogens with one attached hydrogen (secondary N) is 2. The topological polar surface area (TPSA) is 72.0 Å². The van der Waals surface area contributed by atoms with Crippen LogP contribution in [-0.2, 0) is 0 Å². The van der Waals surface area contributed by atoms with Crippen LogP contribution in [0, 0.1) is 0 Å². The van der Waals surface area contributed by atoms with Gasteiger partial charge in [0, 0.05) is 6.04 Å². The quantitative estimate of drug-likeness (QED) is 0.814. The fourth-order valence-corrected chi connectivity index (χ4v) is 1.79. The third kappa shape index (κ3) is 2.93. The van der Waals surface area contributed by atoms with E-state index in [2.05, 4.69) is 25.6 Å². The lowest BCUT2D eigenvalue weighted by atomic mass is 10.1. The number of aromatic nitrogens is 3. The van der Waals surface area contributed by atoms with Crippen LogP contribution in [0.1, 0.15) is 12.8 Å². The first-order valence-corrected chi connectivity index (χ1v) is 5.58. The number of halogens is 1. The smallest absolute Gasteiger partial charge is 0.322 e. The van der Waals surface area contributed by atoms with Gasteiger partial charge in [-0.15, -0.1) is 0 Å². The molecule has 2 N–H and O–H groups in total. The second-order valence-corrected chi connectivity index (χ2v) is 3.92. The molecule has 1 aromatic rings. The molecule has 0 bridgehead atoms. The zero-order valence-electron chi connectivity index (χ0n) is 9.03. The summed E-state index contributed by atoms with van der Waals surface area (Å²) in [5.74, 6) is 0.476. The van der Waals surface area contributed by atoms with Crippen molar-refractivity contribution >= 4 is 17.5 Å². The Kier molecular flexibility index (Phi) is 3.74. The lowest BCUT2D eigenvalue weighted by Gasteiger charge is -2.23. The Bertz CT molecular complexity index is 356. The Morgan fingerprint density at radius 3 is 2.75 bits per heavy atom. The maximum Gasteiger partial charge on any atom is 0.322 e. The number of anilines is 1. The summed E-state index contributed by atoms with van der Waals surface area (Å²) in [6, 6.07) is 0.612. The summed E-state index contributed by atoms with van der Waals surface area (Å²) in [6.45, 7) is 2.02. The molecule has 0 saturated carbocycles. The predicted octanol–water partition coefficient (Wildman–Crippen LogP) is 0.697. The highest BCUT2D eigenvalue weighted by atomic mass is 35.5. The zero-order valence-corrected chi connectivity index (χ0v) is 9.79.